The standard InChI is InChI=1S/C17H15Cl2NO4/c1-24-17(23)10-5-7-4-9(10)14-13(7)15(21)20(16(14)22)12-3-2-8(18)6-11(12)19/h2-3,6-7,9-10,13-14H,4-5H2,1H3. The molecule has 0 radical (unpaired) electrons. The first-order chi connectivity index (χ1) is 11.4. The zero-order valence-corrected chi connectivity index (χ0v) is 14.4. The van der Waals surface area contributed by atoms with Crippen molar-refractivity contribution in [3.63, 3.8) is 0 Å². The molecule has 2 aliphatic carbocycles. The van der Waals surface area contributed by atoms with Gasteiger partial charge in [0.1, 0.15) is 0 Å². The summed E-state index contributed by atoms with van der Waals surface area (Å²) in [5.74, 6) is -1.94. The predicted molar refractivity (Wildman–Crippen MR) is 87.7 cm³/mol. The average molecular weight is 368 g/mol. The van der Waals surface area contributed by atoms with Gasteiger partial charge in [-0.05, 0) is 42.9 Å². The van der Waals surface area contributed by atoms with Crippen molar-refractivity contribution in [1.29, 1.82) is 0 Å². The normalized spacial score (nSPS) is 34.0. The van der Waals surface area contributed by atoms with Gasteiger partial charge in [-0.25, -0.2) is 4.90 Å². The molecule has 5 atom stereocenters. The summed E-state index contributed by atoms with van der Waals surface area (Å²) in [4.78, 5) is 38.9. The number of nitrogens with zero attached hydrogens (tertiary/aromatic N) is 1. The summed E-state index contributed by atoms with van der Waals surface area (Å²) in [6.45, 7) is 0. The van der Waals surface area contributed by atoms with Crippen LogP contribution >= 0.6 is 23.2 Å². The highest BCUT2D eigenvalue weighted by Gasteiger charge is 2.65. The number of hydrogen-bond donors (Lipinski definition) is 0. The van der Waals surface area contributed by atoms with Crippen LogP contribution in [0.2, 0.25) is 10.0 Å². The average Bonchev–Trinajstić information content (AvgIpc) is 3.20. The predicted octanol–water partition coefficient (Wildman–Crippen LogP) is 2.93. The van der Waals surface area contributed by atoms with E-state index in [4.69, 9.17) is 27.9 Å². The molecule has 7 heteroatoms. The molecule has 1 saturated heterocycles. The van der Waals surface area contributed by atoms with Gasteiger partial charge in [0.2, 0.25) is 11.8 Å². The first kappa shape index (κ1) is 15.9. The maximum atomic E-state index is 12.9. The highest BCUT2D eigenvalue weighted by molar-refractivity contribution is 6.38. The van der Waals surface area contributed by atoms with Crippen LogP contribution in [0.25, 0.3) is 0 Å². The molecule has 1 heterocycles. The van der Waals surface area contributed by atoms with Crippen molar-refractivity contribution >= 4 is 46.7 Å². The van der Waals surface area contributed by atoms with Crippen LogP contribution in [0.1, 0.15) is 12.8 Å². The van der Waals surface area contributed by atoms with Crippen molar-refractivity contribution in [3.8, 4) is 0 Å². The lowest BCUT2D eigenvalue weighted by Crippen LogP contribution is -2.35. The van der Waals surface area contributed by atoms with Gasteiger partial charge >= 0.3 is 5.97 Å². The highest BCUT2D eigenvalue weighted by Crippen LogP contribution is 2.59. The van der Waals surface area contributed by atoms with Crippen molar-refractivity contribution in [3.05, 3.63) is 28.2 Å². The Labute approximate surface area is 148 Å². The Morgan fingerprint density at radius 1 is 1.17 bits per heavy atom. The smallest absolute Gasteiger partial charge is 0.308 e. The van der Waals surface area contributed by atoms with E-state index in [2.05, 4.69) is 0 Å². The molecule has 0 aromatic heterocycles. The number of ether oxygens (including phenoxy) is 1. The molecule has 3 aliphatic rings. The fourth-order valence-corrected chi connectivity index (χ4v) is 5.27. The van der Waals surface area contributed by atoms with Gasteiger partial charge in [0.25, 0.3) is 0 Å². The van der Waals surface area contributed by atoms with E-state index in [-0.39, 0.29) is 46.5 Å². The molecular weight excluding hydrogens is 353 g/mol. The molecule has 2 saturated carbocycles. The fraction of sp³-hybridized carbons (Fsp3) is 0.471. The minimum Gasteiger partial charge on any atom is -0.469 e. The molecule has 1 aromatic carbocycles. The molecular formula is C17H15Cl2NO4. The molecule has 1 aromatic rings. The van der Waals surface area contributed by atoms with Crippen LogP contribution in [0.15, 0.2) is 18.2 Å². The van der Waals surface area contributed by atoms with Crippen molar-refractivity contribution in [1.82, 2.24) is 0 Å². The number of amides is 2. The van der Waals surface area contributed by atoms with Gasteiger partial charge in [-0.3, -0.25) is 14.4 Å². The SMILES string of the molecule is COC(=O)C1CC2CC1C1C(=O)N(c3ccc(Cl)cc3Cl)C(=O)C21. The second-order valence-electron chi connectivity index (χ2n) is 6.68. The first-order valence-electron chi connectivity index (χ1n) is 7.84. The van der Waals surface area contributed by atoms with Gasteiger partial charge < -0.3 is 4.74 Å². The van der Waals surface area contributed by atoms with Crippen LogP contribution in [0.4, 0.5) is 5.69 Å². The summed E-state index contributed by atoms with van der Waals surface area (Å²) >= 11 is 12.1. The number of carbonyl (C=O) groups is 3. The summed E-state index contributed by atoms with van der Waals surface area (Å²) < 4.78 is 4.86. The first-order valence-corrected chi connectivity index (χ1v) is 8.60. The molecule has 24 heavy (non-hydrogen) atoms. The third kappa shape index (κ3) is 2.04. The molecule has 0 spiro atoms. The summed E-state index contributed by atoms with van der Waals surface area (Å²) in [7, 11) is 1.35. The van der Waals surface area contributed by atoms with Gasteiger partial charge in [0.05, 0.1) is 35.6 Å². The molecule has 2 amide bonds. The Bertz CT molecular complexity index is 765. The zero-order chi connectivity index (χ0) is 17.2. The van der Waals surface area contributed by atoms with Gasteiger partial charge in [0.15, 0.2) is 0 Å². The Kier molecular flexibility index (Phi) is 3.62. The van der Waals surface area contributed by atoms with Gasteiger partial charge in [-0.15, -0.1) is 0 Å². The van der Waals surface area contributed by atoms with Gasteiger partial charge in [0, 0.05) is 5.02 Å². The van der Waals surface area contributed by atoms with Crippen molar-refractivity contribution in [2.24, 2.45) is 29.6 Å². The summed E-state index contributed by atoms with van der Waals surface area (Å²) in [6, 6.07) is 4.70. The third-order valence-electron chi connectivity index (χ3n) is 5.67. The van der Waals surface area contributed by atoms with Crippen LogP contribution in [0.5, 0.6) is 0 Å². The minimum atomic E-state index is -0.452. The molecule has 2 bridgehead atoms. The van der Waals surface area contributed by atoms with Crippen molar-refractivity contribution < 1.29 is 19.1 Å². The van der Waals surface area contributed by atoms with Crippen LogP contribution in [0, 0.1) is 29.6 Å². The number of methoxy groups -OCH3 is 1. The maximum Gasteiger partial charge on any atom is 0.308 e. The lowest BCUT2D eigenvalue weighted by molar-refractivity contribution is -0.149. The van der Waals surface area contributed by atoms with Crippen LogP contribution in [0.3, 0.4) is 0 Å². The van der Waals surface area contributed by atoms with E-state index >= 15 is 0 Å². The number of rotatable bonds is 2. The molecule has 126 valence electrons. The topological polar surface area (TPSA) is 63.7 Å². The second-order valence-corrected chi connectivity index (χ2v) is 7.53. The number of anilines is 1. The van der Waals surface area contributed by atoms with E-state index in [0.29, 0.717) is 17.1 Å². The molecule has 1 aliphatic heterocycles. The molecule has 5 unspecified atom stereocenters. The number of esters is 1. The van der Waals surface area contributed by atoms with E-state index < -0.39 is 5.92 Å². The summed E-state index contributed by atoms with van der Waals surface area (Å²) in [5.41, 5.74) is 0.361. The van der Waals surface area contributed by atoms with Crippen molar-refractivity contribution in [2.75, 3.05) is 12.0 Å². The Morgan fingerprint density at radius 3 is 2.54 bits per heavy atom. The Morgan fingerprint density at radius 2 is 1.88 bits per heavy atom. The Hall–Kier alpha value is -1.59. The largest absolute Gasteiger partial charge is 0.469 e. The lowest BCUT2D eigenvalue weighted by Gasteiger charge is -2.26. The summed E-state index contributed by atoms with van der Waals surface area (Å²) in [5, 5.41) is 0.704. The van der Waals surface area contributed by atoms with E-state index in [1.54, 1.807) is 12.1 Å². The van der Waals surface area contributed by atoms with Gasteiger partial charge in [-0.1, -0.05) is 23.2 Å². The Balaban J connectivity index is 1.70. The van der Waals surface area contributed by atoms with E-state index in [1.807, 2.05) is 0 Å². The molecule has 5 nitrogen and oxygen atoms in total. The monoisotopic (exact) mass is 367 g/mol. The zero-order valence-electron chi connectivity index (χ0n) is 12.9. The van der Waals surface area contributed by atoms with Crippen LogP contribution < -0.4 is 4.90 Å². The number of hydrogen-bond acceptors (Lipinski definition) is 4. The maximum absolute atomic E-state index is 12.9. The number of benzene rings is 1. The highest BCUT2D eigenvalue weighted by atomic mass is 35.5. The number of halogens is 2. The minimum absolute atomic E-state index is 0.0524. The quantitative estimate of drug-likeness (QED) is 0.595. The summed E-state index contributed by atoms with van der Waals surface area (Å²) in [6.07, 6.45) is 1.34. The number of fused-ring (bicyclic) bond motifs is 5. The van der Waals surface area contributed by atoms with E-state index in [9.17, 15) is 14.4 Å². The van der Waals surface area contributed by atoms with Crippen LogP contribution in [-0.4, -0.2) is 24.9 Å². The van der Waals surface area contributed by atoms with Crippen molar-refractivity contribution in [2.45, 2.75) is 12.8 Å². The molecule has 3 fully saturated rings. The van der Waals surface area contributed by atoms with E-state index in [0.717, 1.165) is 6.42 Å². The van der Waals surface area contributed by atoms with Gasteiger partial charge in [-0.2, -0.15) is 0 Å². The second kappa shape index (κ2) is 5.46. The number of imide groups is 1. The molecule has 4 rings (SSSR count). The fourth-order valence-electron chi connectivity index (χ4n) is 4.78. The van der Waals surface area contributed by atoms with E-state index in [1.165, 1.54) is 18.1 Å². The lowest BCUT2D eigenvalue weighted by atomic mass is 9.75. The third-order valence-corrected chi connectivity index (χ3v) is 6.21. The molecule has 0 N–H and O–H groups in total. The number of carbonyl (C=O) groups excluding carboxylic acids is 3. The van der Waals surface area contributed by atoms with Crippen LogP contribution in [-0.2, 0) is 19.1 Å².